The molecule has 5 nitrogen and oxygen atoms in total. The van der Waals surface area contributed by atoms with Crippen molar-refractivity contribution in [1.82, 2.24) is 20.4 Å². The number of aromatic nitrogens is 2. The lowest BCUT2D eigenvalue weighted by atomic mass is 10.3. The molecule has 6 heteroatoms. The quantitative estimate of drug-likeness (QED) is 0.850. The summed E-state index contributed by atoms with van der Waals surface area (Å²) >= 11 is 1.70. The van der Waals surface area contributed by atoms with Crippen LogP contribution in [0.15, 0.2) is 16.1 Å². The third-order valence-electron chi connectivity index (χ3n) is 2.98. The van der Waals surface area contributed by atoms with Gasteiger partial charge in [-0.2, -0.15) is 0 Å². The molecule has 0 saturated carbocycles. The van der Waals surface area contributed by atoms with Crippen molar-refractivity contribution in [3.8, 4) is 0 Å². The van der Waals surface area contributed by atoms with E-state index in [1.54, 1.807) is 11.3 Å². The van der Waals surface area contributed by atoms with Crippen LogP contribution in [0.25, 0.3) is 0 Å². The third-order valence-corrected chi connectivity index (χ3v) is 3.90. The van der Waals surface area contributed by atoms with Gasteiger partial charge in [-0.05, 0) is 14.0 Å². The molecule has 0 aliphatic carbocycles. The van der Waals surface area contributed by atoms with Crippen molar-refractivity contribution in [3.05, 3.63) is 33.6 Å². The van der Waals surface area contributed by atoms with E-state index in [0.717, 1.165) is 36.8 Å². The Hall–Kier alpha value is -1.24. The summed E-state index contributed by atoms with van der Waals surface area (Å²) in [5.41, 5.74) is 3.96. The lowest BCUT2D eigenvalue weighted by molar-refractivity contribution is 0.266. The largest absolute Gasteiger partial charge is 0.360 e. The minimum absolute atomic E-state index is 0.451. The zero-order valence-electron chi connectivity index (χ0n) is 12.5. The Balaban J connectivity index is 1.85. The molecule has 0 aromatic carbocycles. The summed E-state index contributed by atoms with van der Waals surface area (Å²) in [6.07, 6.45) is 0. The lowest BCUT2D eigenvalue weighted by Crippen LogP contribution is -2.21. The lowest BCUT2D eigenvalue weighted by Gasteiger charge is -2.13. The highest BCUT2D eigenvalue weighted by molar-refractivity contribution is 7.09. The summed E-state index contributed by atoms with van der Waals surface area (Å²) in [5.74, 6) is 0.898. The van der Waals surface area contributed by atoms with Crippen molar-refractivity contribution in [2.24, 2.45) is 0 Å². The van der Waals surface area contributed by atoms with Crippen LogP contribution in [-0.4, -0.2) is 28.1 Å². The number of rotatable bonds is 7. The molecule has 0 aliphatic heterocycles. The zero-order valence-corrected chi connectivity index (χ0v) is 13.3. The summed E-state index contributed by atoms with van der Waals surface area (Å²) in [6.45, 7) is 8.67. The van der Waals surface area contributed by atoms with Crippen molar-refractivity contribution in [2.45, 2.75) is 46.4 Å². The summed E-state index contributed by atoms with van der Waals surface area (Å²) in [4.78, 5) is 7.78. The Labute approximate surface area is 124 Å². The average molecular weight is 294 g/mol. The van der Waals surface area contributed by atoms with Crippen molar-refractivity contribution in [3.63, 3.8) is 0 Å². The number of thiazole rings is 1. The molecule has 0 atom stereocenters. The SMILES string of the molecule is Cc1ncsc1CN(C)Cc1cc(CNC(C)C)no1. The second-order valence-corrected chi connectivity index (χ2v) is 6.29. The van der Waals surface area contributed by atoms with E-state index in [2.05, 4.69) is 41.3 Å². The van der Waals surface area contributed by atoms with Crippen molar-refractivity contribution < 1.29 is 4.52 Å². The molecule has 0 bridgehead atoms. The highest BCUT2D eigenvalue weighted by Crippen LogP contribution is 2.16. The predicted octanol–water partition coefficient (Wildman–Crippen LogP) is 2.57. The fraction of sp³-hybridized carbons (Fsp3) is 0.571. The van der Waals surface area contributed by atoms with E-state index in [0.29, 0.717) is 6.04 Å². The summed E-state index contributed by atoms with van der Waals surface area (Å²) in [7, 11) is 2.08. The van der Waals surface area contributed by atoms with Crippen LogP contribution in [0.4, 0.5) is 0 Å². The number of hydrogen-bond acceptors (Lipinski definition) is 6. The highest BCUT2D eigenvalue weighted by Gasteiger charge is 2.10. The van der Waals surface area contributed by atoms with E-state index in [9.17, 15) is 0 Å². The minimum atomic E-state index is 0.451. The van der Waals surface area contributed by atoms with Crippen molar-refractivity contribution in [1.29, 1.82) is 0 Å². The van der Waals surface area contributed by atoms with Crippen LogP contribution < -0.4 is 5.32 Å². The van der Waals surface area contributed by atoms with Gasteiger partial charge in [0.05, 0.1) is 23.4 Å². The molecule has 0 amide bonds. The van der Waals surface area contributed by atoms with Gasteiger partial charge in [-0.3, -0.25) is 4.90 Å². The molecule has 2 rings (SSSR count). The van der Waals surface area contributed by atoms with E-state index in [4.69, 9.17) is 4.52 Å². The molecule has 0 radical (unpaired) electrons. The smallest absolute Gasteiger partial charge is 0.151 e. The molecule has 2 heterocycles. The van der Waals surface area contributed by atoms with Crippen molar-refractivity contribution in [2.75, 3.05) is 7.05 Å². The molecule has 110 valence electrons. The molecule has 0 unspecified atom stereocenters. The first-order chi connectivity index (χ1) is 9.54. The van der Waals surface area contributed by atoms with Gasteiger partial charge in [0.15, 0.2) is 5.76 Å². The van der Waals surface area contributed by atoms with Crippen molar-refractivity contribution >= 4 is 11.3 Å². The van der Waals surface area contributed by atoms with E-state index >= 15 is 0 Å². The molecular formula is C14H22N4OS. The maximum Gasteiger partial charge on any atom is 0.151 e. The van der Waals surface area contributed by atoms with Crippen LogP contribution in [0, 0.1) is 6.92 Å². The molecule has 1 N–H and O–H groups in total. The van der Waals surface area contributed by atoms with Gasteiger partial charge in [-0.1, -0.05) is 19.0 Å². The minimum Gasteiger partial charge on any atom is -0.360 e. The number of aryl methyl sites for hydroxylation is 1. The molecule has 0 spiro atoms. The molecule has 0 aliphatic rings. The Morgan fingerprint density at radius 2 is 2.20 bits per heavy atom. The zero-order chi connectivity index (χ0) is 14.5. The first kappa shape index (κ1) is 15.2. The normalized spacial score (nSPS) is 11.7. The third kappa shape index (κ3) is 4.40. The summed E-state index contributed by atoms with van der Waals surface area (Å²) < 4.78 is 5.37. The van der Waals surface area contributed by atoms with Crippen LogP contribution in [0.5, 0.6) is 0 Å². The van der Waals surface area contributed by atoms with Crippen LogP contribution >= 0.6 is 11.3 Å². The Kier molecular flexibility index (Phi) is 5.28. The fourth-order valence-electron chi connectivity index (χ4n) is 1.87. The van der Waals surface area contributed by atoms with Gasteiger partial charge in [-0.15, -0.1) is 11.3 Å². The molecular weight excluding hydrogens is 272 g/mol. The van der Waals surface area contributed by atoms with Gasteiger partial charge in [0.2, 0.25) is 0 Å². The van der Waals surface area contributed by atoms with Gasteiger partial charge in [0.1, 0.15) is 0 Å². The Bertz CT molecular complexity index is 535. The van der Waals surface area contributed by atoms with Crippen LogP contribution in [0.3, 0.4) is 0 Å². The van der Waals surface area contributed by atoms with Gasteiger partial charge in [-0.25, -0.2) is 4.98 Å². The Morgan fingerprint density at radius 3 is 2.85 bits per heavy atom. The fourth-order valence-corrected chi connectivity index (χ4v) is 2.72. The highest BCUT2D eigenvalue weighted by atomic mass is 32.1. The second-order valence-electron chi connectivity index (χ2n) is 5.35. The number of nitrogens with zero attached hydrogens (tertiary/aromatic N) is 3. The number of nitrogens with one attached hydrogen (secondary N) is 1. The molecule has 2 aromatic rings. The predicted molar refractivity (Wildman–Crippen MR) is 80.5 cm³/mol. The summed E-state index contributed by atoms with van der Waals surface area (Å²) in [6, 6.07) is 2.47. The second kappa shape index (κ2) is 6.97. The average Bonchev–Trinajstić information content (AvgIpc) is 2.97. The first-order valence-electron chi connectivity index (χ1n) is 6.80. The molecule has 0 fully saturated rings. The van der Waals surface area contributed by atoms with E-state index in [1.807, 2.05) is 18.5 Å². The van der Waals surface area contributed by atoms with E-state index in [1.165, 1.54) is 4.88 Å². The number of hydrogen-bond donors (Lipinski definition) is 1. The van der Waals surface area contributed by atoms with Gasteiger partial charge >= 0.3 is 0 Å². The van der Waals surface area contributed by atoms with Gasteiger partial charge < -0.3 is 9.84 Å². The van der Waals surface area contributed by atoms with Crippen LogP contribution in [-0.2, 0) is 19.6 Å². The maximum atomic E-state index is 5.37. The first-order valence-corrected chi connectivity index (χ1v) is 7.68. The van der Waals surface area contributed by atoms with Gasteiger partial charge in [0.25, 0.3) is 0 Å². The van der Waals surface area contributed by atoms with Gasteiger partial charge in [0, 0.05) is 30.1 Å². The topological polar surface area (TPSA) is 54.2 Å². The van der Waals surface area contributed by atoms with Crippen LogP contribution in [0.1, 0.15) is 35.9 Å². The molecule has 20 heavy (non-hydrogen) atoms. The van der Waals surface area contributed by atoms with E-state index < -0.39 is 0 Å². The standard InChI is InChI=1S/C14H22N4OS/c1-10(2)15-6-12-5-13(19-17-12)7-18(4)8-14-11(3)16-9-20-14/h5,9-10,15H,6-8H2,1-4H3. The maximum absolute atomic E-state index is 5.37. The van der Waals surface area contributed by atoms with E-state index in [-0.39, 0.29) is 0 Å². The molecule has 2 aromatic heterocycles. The summed E-state index contributed by atoms with van der Waals surface area (Å²) in [5, 5.41) is 7.41. The van der Waals surface area contributed by atoms with Crippen LogP contribution in [0.2, 0.25) is 0 Å². The monoisotopic (exact) mass is 294 g/mol. The molecule has 0 saturated heterocycles. The Morgan fingerprint density at radius 1 is 1.40 bits per heavy atom.